The minimum atomic E-state index is -0.0972. The second-order valence-corrected chi connectivity index (χ2v) is 19.9. The Hall–Kier alpha value is -8.58. The van der Waals surface area contributed by atoms with Crippen LogP contribution >= 0.6 is 0 Å². The van der Waals surface area contributed by atoms with Crippen molar-refractivity contribution in [3.8, 4) is 66.8 Å². The molecule has 0 atom stereocenters. The quantitative estimate of drug-likeness (QED) is 0.151. The number of hydrogen-bond acceptors (Lipinski definition) is 0. The normalized spacial score (nSPS) is 13.2. The van der Waals surface area contributed by atoms with Crippen LogP contribution in [0.5, 0.6) is 0 Å². The molecule has 0 radical (unpaired) electrons. The predicted molar refractivity (Wildman–Crippen MR) is 296 cm³/mol. The molecule has 0 saturated heterocycles. The second kappa shape index (κ2) is 14.2. The maximum atomic E-state index is 2.51. The molecule has 0 aliphatic heterocycles. The van der Waals surface area contributed by atoms with Gasteiger partial charge in [-0.2, -0.15) is 0 Å². The van der Waals surface area contributed by atoms with Crippen LogP contribution in [0.2, 0.25) is 0 Å². The first-order chi connectivity index (χ1) is 34.0. The molecule has 0 saturated carbocycles. The van der Waals surface area contributed by atoms with Gasteiger partial charge in [-0.25, -0.2) is 0 Å². The predicted octanol–water partition coefficient (Wildman–Crippen LogP) is 19.3. The van der Waals surface area contributed by atoms with Gasteiger partial charge in [0.05, 0.1) is 0 Å². The van der Waals surface area contributed by atoms with E-state index in [0.29, 0.717) is 0 Å². The lowest BCUT2D eigenvalue weighted by atomic mass is 9.80. The lowest BCUT2D eigenvalue weighted by molar-refractivity contribution is 0.660. The third kappa shape index (κ3) is 5.46. The van der Waals surface area contributed by atoms with Crippen molar-refractivity contribution in [2.24, 2.45) is 0 Å². The molecule has 0 heterocycles. The molecule has 0 N–H and O–H groups in total. The molecule has 14 aromatic carbocycles. The average molecular weight is 873 g/mol. The van der Waals surface area contributed by atoms with Crippen LogP contribution in [0.3, 0.4) is 0 Å². The fraction of sp³-hybridized carbons (Fsp3) is 0.0435. The third-order valence-corrected chi connectivity index (χ3v) is 16.0. The van der Waals surface area contributed by atoms with Gasteiger partial charge in [0.2, 0.25) is 0 Å². The van der Waals surface area contributed by atoms with E-state index >= 15 is 0 Å². The van der Waals surface area contributed by atoms with E-state index in [1.54, 1.807) is 0 Å². The standard InChI is InChI=1S/C69H44/c1-69(2)62-21-9-8-19-53(62)54-34-31-49(39-63(54)69)48-30-33-52(60(38-48)51-32-26-46-24-22-42-14-10-16-44-27-35-56(51)66(46)64(42)44)61-40-59(41-12-4-3-5-13-41)68(55-20-7-6-18-50(55)61)58-37-29-47-25-23-43-15-11-17-45-28-36-57(58)67(47)65(43)45/h3-40H,1-2H3. The summed E-state index contributed by atoms with van der Waals surface area (Å²) in [6.45, 7) is 4.75. The van der Waals surface area contributed by atoms with Gasteiger partial charge in [-0.15, -0.1) is 0 Å². The average Bonchev–Trinajstić information content (AvgIpc) is 3.64. The molecule has 0 fully saturated rings. The molecule has 0 bridgehead atoms. The number of hydrogen-bond donors (Lipinski definition) is 0. The molecule has 0 heteroatoms. The minimum absolute atomic E-state index is 0.0972. The Kier molecular flexibility index (Phi) is 7.94. The highest BCUT2D eigenvalue weighted by Gasteiger charge is 2.35. The summed E-state index contributed by atoms with van der Waals surface area (Å²) in [5, 5.41) is 18.0. The van der Waals surface area contributed by atoms with Crippen LogP contribution in [-0.4, -0.2) is 0 Å². The lowest BCUT2D eigenvalue weighted by Crippen LogP contribution is -2.14. The fourth-order valence-corrected chi connectivity index (χ4v) is 12.7. The fourth-order valence-electron chi connectivity index (χ4n) is 12.7. The molecule has 69 heavy (non-hydrogen) atoms. The van der Waals surface area contributed by atoms with Crippen LogP contribution < -0.4 is 0 Å². The molecule has 1 aliphatic carbocycles. The highest BCUT2D eigenvalue weighted by molar-refractivity contribution is 6.28. The Balaban J connectivity index is 1.03. The van der Waals surface area contributed by atoms with Gasteiger partial charge in [-0.3, -0.25) is 0 Å². The number of benzene rings is 14. The molecular weight excluding hydrogens is 829 g/mol. The van der Waals surface area contributed by atoms with Crippen molar-refractivity contribution in [1.82, 2.24) is 0 Å². The zero-order valence-electron chi connectivity index (χ0n) is 38.4. The topological polar surface area (TPSA) is 0 Å². The Bertz CT molecular complexity index is 4400. The Labute approximate surface area is 401 Å². The largest absolute Gasteiger partial charge is 0.0622 e. The lowest BCUT2D eigenvalue weighted by Gasteiger charge is -2.23. The summed E-state index contributed by atoms with van der Waals surface area (Å²) in [5.41, 5.74) is 17.7. The van der Waals surface area contributed by atoms with Gasteiger partial charge in [0.25, 0.3) is 0 Å². The zero-order valence-corrected chi connectivity index (χ0v) is 38.4. The van der Waals surface area contributed by atoms with E-state index in [0.717, 1.165) is 0 Å². The first-order valence-electron chi connectivity index (χ1n) is 24.3. The van der Waals surface area contributed by atoms with Gasteiger partial charge in [0.1, 0.15) is 0 Å². The van der Waals surface area contributed by atoms with E-state index in [-0.39, 0.29) is 5.41 Å². The van der Waals surface area contributed by atoms with E-state index in [1.165, 1.54) is 153 Å². The zero-order chi connectivity index (χ0) is 45.5. The van der Waals surface area contributed by atoms with Gasteiger partial charge in [0.15, 0.2) is 0 Å². The van der Waals surface area contributed by atoms with Crippen LogP contribution in [0.1, 0.15) is 25.0 Å². The van der Waals surface area contributed by atoms with Gasteiger partial charge in [-0.05, 0) is 171 Å². The highest BCUT2D eigenvalue weighted by Crippen LogP contribution is 2.52. The molecule has 0 nitrogen and oxygen atoms in total. The van der Waals surface area contributed by atoms with Gasteiger partial charge < -0.3 is 0 Å². The van der Waals surface area contributed by atoms with Crippen LogP contribution in [0.15, 0.2) is 231 Å². The van der Waals surface area contributed by atoms with Crippen molar-refractivity contribution in [3.63, 3.8) is 0 Å². The highest BCUT2D eigenvalue weighted by atomic mass is 14.4. The van der Waals surface area contributed by atoms with Crippen LogP contribution in [0, 0.1) is 0 Å². The summed E-state index contributed by atoms with van der Waals surface area (Å²) in [6, 6.07) is 87.4. The minimum Gasteiger partial charge on any atom is -0.0622 e. The Morgan fingerprint density at radius 3 is 1.41 bits per heavy atom. The molecule has 15 rings (SSSR count). The summed E-state index contributed by atoms with van der Waals surface area (Å²) in [7, 11) is 0. The van der Waals surface area contributed by atoms with Crippen LogP contribution in [-0.2, 0) is 5.41 Å². The van der Waals surface area contributed by atoms with Crippen molar-refractivity contribution in [2.75, 3.05) is 0 Å². The summed E-state index contributed by atoms with van der Waals surface area (Å²) in [4.78, 5) is 0. The van der Waals surface area contributed by atoms with Gasteiger partial charge >= 0.3 is 0 Å². The van der Waals surface area contributed by atoms with Crippen molar-refractivity contribution in [3.05, 3.63) is 242 Å². The number of rotatable bonds is 5. The molecule has 0 aromatic heterocycles. The maximum Gasteiger partial charge on any atom is 0.0159 e. The van der Waals surface area contributed by atoms with E-state index in [1.807, 2.05) is 0 Å². The van der Waals surface area contributed by atoms with E-state index in [4.69, 9.17) is 0 Å². The maximum absolute atomic E-state index is 2.51. The molecule has 0 amide bonds. The Morgan fingerprint density at radius 2 is 0.725 bits per heavy atom. The number of fused-ring (bicyclic) bond motifs is 4. The van der Waals surface area contributed by atoms with E-state index in [2.05, 4.69) is 244 Å². The first kappa shape index (κ1) is 38.5. The summed E-state index contributed by atoms with van der Waals surface area (Å²) in [6.07, 6.45) is 0. The summed E-state index contributed by atoms with van der Waals surface area (Å²) >= 11 is 0. The Morgan fingerprint density at radius 1 is 0.232 bits per heavy atom. The van der Waals surface area contributed by atoms with Crippen LogP contribution in [0.25, 0.3) is 142 Å². The molecule has 320 valence electrons. The van der Waals surface area contributed by atoms with Gasteiger partial charge in [-0.1, -0.05) is 226 Å². The SMILES string of the molecule is CC1(C)c2ccccc2-c2ccc(-c3ccc(-c4cc(-c5ccccc5)c(-c5ccc6ccc7cccc8ccc5c6c78)c5ccccc45)c(-c4ccc5ccc6cccc7ccc4c5c67)c3)cc21. The van der Waals surface area contributed by atoms with Crippen molar-refractivity contribution in [2.45, 2.75) is 19.3 Å². The van der Waals surface area contributed by atoms with Crippen molar-refractivity contribution >= 4 is 75.4 Å². The molecule has 0 spiro atoms. The summed E-state index contributed by atoms with van der Waals surface area (Å²) < 4.78 is 0. The van der Waals surface area contributed by atoms with E-state index in [9.17, 15) is 0 Å². The first-order valence-corrected chi connectivity index (χ1v) is 24.3. The smallest absolute Gasteiger partial charge is 0.0159 e. The van der Waals surface area contributed by atoms with E-state index < -0.39 is 0 Å². The molecular formula is C69H44. The van der Waals surface area contributed by atoms with Crippen molar-refractivity contribution in [1.29, 1.82) is 0 Å². The monoisotopic (exact) mass is 872 g/mol. The second-order valence-electron chi connectivity index (χ2n) is 19.9. The third-order valence-electron chi connectivity index (χ3n) is 16.0. The summed E-state index contributed by atoms with van der Waals surface area (Å²) in [5.74, 6) is 0. The molecule has 14 aromatic rings. The van der Waals surface area contributed by atoms with Gasteiger partial charge in [0, 0.05) is 5.41 Å². The molecule has 0 unspecified atom stereocenters. The molecule has 1 aliphatic rings. The van der Waals surface area contributed by atoms with Crippen molar-refractivity contribution < 1.29 is 0 Å². The van der Waals surface area contributed by atoms with Crippen LogP contribution in [0.4, 0.5) is 0 Å².